The average Bonchev–Trinajstić information content (AvgIpc) is 3.76. The molecule has 0 aliphatic carbocycles. The molecule has 42 heavy (non-hydrogen) atoms. The van der Waals surface area contributed by atoms with Gasteiger partial charge in [-0.2, -0.15) is 24.7 Å². The predicted molar refractivity (Wildman–Crippen MR) is 152 cm³/mol. The van der Waals surface area contributed by atoms with Gasteiger partial charge in [0.05, 0.1) is 47.6 Å². The topological polar surface area (TPSA) is 135 Å². The van der Waals surface area contributed by atoms with Crippen molar-refractivity contribution < 1.29 is 14.4 Å². The zero-order chi connectivity index (χ0) is 29.5. The van der Waals surface area contributed by atoms with Crippen molar-refractivity contribution in [1.29, 1.82) is 0 Å². The fourth-order valence-electron chi connectivity index (χ4n) is 4.24. The van der Waals surface area contributed by atoms with Crippen molar-refractivity contribution >= 4 is 34.7 Å². The summed E-state index contributed by atoms with van der Waals surface area (Å²) in [6.45, 7) is 3.11. The second-order valence-corrected chi connectivity index (χ2v) is 10.6. The minimum absolute atomic E-state index is 0.0153. The third-order valence-corrected chi connectivity index (χ3v) is 7.30. The highest BCUT2D eigenvalue weighted by Crippen LogP contribution is 2.21. The van der Waals surface area contributed by atoms with Crippen LogP contribution in [0.2, 0.25) is 5.02 Å². The highest BCUT2D eigenvalue weighted by molar-refractivity contribution is 7.07. The Morgan fingerprint density at radius 3 is 2.52 bits per heavy atom. The van der Waals surface area contributed by atoms with E-state index in [0.29, 0.717) is 49.9 Å². The summed E-state index contributed by atoms with van der Waals surface area (Å²) in [5.74, 6) is -0.591. The van der Waals surface area contributed by atoms with Gasteiger partial charge in [0.1, 0.15) is 0 Å². The van der Waals surface area contributed by atoms with Gasteiger partial charge in [0.15, 0.2) is 11.6 Å². The van der Waals surface area contributed by atoms with Crippen LogP contribution < -0.4 is 4.80 Å². The highest BCUT2D eigenvalue weighted by Gasteiger charge is 2.25. The first-order chi connectivity index (χ1) is 20.4. The van der Waals surface area contributed by atoms with Crippen LogP contribution in [-0.4, -0.2) is 86.8 Å². The maximum atomic E-state index is 14.3. The summed E-state index contributed by atoms with van der Waals surface area (Å²) in [5.41, 5.74) is 1.69. The van der Waals surface area contributed by atoms with Gasteiger partial charge in [-0.3, -0.25) is 14.4 Å². The van der Waals surface area contributed by atoms with E-state index >= 15 is 0 Å². The van der Waals surface area contributed by atoms with Crippen LogP contribution >= 0.6 is 22.9 Å². The molecule has 4 aromatic heterocycles. The molecule has 1 fully saturated rings. The van der Waals surface area contributed by atoms with Gasteiger partial charge in [-0.25, -0.2) is 9.37 Å². The van der Waals surface area contributed by atoms with Gasteiger partial charge in [-0.15, -0.1) is 16.4 Å². The molecule has 0 radical (unpaired) electrons. The van der Waals surface area contributed by atoms with Crippen LogP contribution in [0.4, 0.5) is 10.2 Å². The van der Waals surface area contributed by atoms with Crippen molar-refractivity contribution in [2.45, 2.75) is 13.1 Å². The molecule has 16 heteroatoms. The van der Waals surface area contributed by atoms with Crippen molar-refractivity contribution in [3.05, 3.63) is 99.2 Å². The number of rotatable bonds is 6. The van der Waals surface area contributed by atoms with E-state index in [0.717, 1.165) is 16.0 Å². The number of nitrogens with zero attached hydrogens (tertiary/aromatic N) is 11. The van der Waals surface area contributed by atoms with Crippen molar-refractivity contribution in [1.82, 2.24) is 49.5 Å². The third-order valence-electron chi connectivity index (χ3n) is 6.27. The van der Waals surface area contributed by atoms with Crippen molar-refractivity contribution in [3.63, 3.8) is 0 Å². The number of thiazole rings is 1. The minimum atomic E-state index is -0.689. The Labute approximate surface area is 248 Å². The molecule has 5 heterocycles. The van der Waals surface area contributed by atoms with E-state index in [-0.39, 0.29) is 16.5 Å². The van der Waals surface area contributed by atoms with E-state index in [2.05, 4.69) is 35.4 Å². The predicted octanol–water partition coefficient (Wildman–Crippen LogP) is 2.62. The lowest BCUT2D eigenvalue weighted by atomic mass is 10.1. The molecule has 1 aromatic carbocycles. The third kappa shape index (κ3) is 7.43. The number of pyridine rings is 1. The Balaban J connectivity index is 0.000000524. The number of hydrogen-bond acceptors (Lipinski definition) is 10. The van der Waals surface area contributed by atoms with E-state index in [9.17, 15) is 14.4 Å². The van der Waals surface area contributed by atoms with Crippen molar-refractivity contribution in [3.8, 4) is 0 Å². The zero-order valence-electron chi connectivity index (χ0n) is 22.5. The van der Waals surface area contributed by atoms with Crippen molar-refractivity contribution in [2.24, 2.45) is 12.0 Å². The summed E-state index contributed by atoms with van der Waals surface area (Å²) in [6, 6.07) is 8.26. The first kappa shape index (κ1) is 29.0. The molecule has 1 aliphatic rings. The molecular formula is C26H27ClFN11O2S. The average molecular weight is 612 g/mol. The molecule has 1 saturated heterocycles. The van der Waals surface area contributed by atoms with Gasteiger partial charge in [-0.05, 0) is 29.8 Å². The summed E-state index contributed by atoms with van der Waals surface area (Å²) in [4.78, 5) is 27.7. The van der Waals surface area contributed by atoms with Crippen LogP contribution in [0.25, 0.3) is 0 Å². The SMILES string of the molecule is Cn1ccnn1.O=C(c1cccc(Cl)c1F)N1CCN(Cc2cc(Cn3nccn3)cc(/N=c3\sccn3O)n2)CC1. The number of amides is 1. The fourth-order valence-corrected chi connectivity index (χ4v) is 5.03. The molecule has 218 valence electrons. The maximum Gasteiger partial charge on any atom is 0.256 e. The Hall–Kier alpha value is -4.47. The molecule has 0 atom stereocenters. The number of carbonyl (C=O) groups excluding carboxylic acids is 1. The van der Waals surface area contributed by atoms with Gasteiger partial charge < -0.3 is 10.1 Å². The van der Waals surface area contributed by atoms with E-state index in [4.69, 9.17) is 11.6 Å². The number of piperazine rings is 1. The molecule has 0 spiro atoms. The lowest BCUT2D eigenvalue weighted by Crippen LogP contribution is -2.48. The minimum Gasteiger partial charge on any atom is -0.426 e. The van der Waals surface area contributed by atoms with Gasteiger partial charge in [0, 0.05) is 51.3 Å². The second kappa shape index (κ2) is 13.5. The Kier molecular flexibility index (Phi) is 9.31. The van der Waals surface area contributed by atoms with Crippen LogP contribution in [0.1, 0.15) is 21.6 Å². The van der Waals surface area contributed by atoms with Gasteiger partial charge in [0.25, 0.3) is 5.91 Å². The number of halogens is 2. The lowest BCUT2D eigenvalue weighted by molar-refractivity contribution is 0.0622. The quantitative estimate of drug-likeness (QED) is 0.290. The molecule has 0 unspecified atom stereocenters. The van der Waals surface area contributed by atoms with E-state index in [1.54, 1.807) is 50.6 Å². The van der Waals surface area contributed by atoms with Gasteiger partial charge in [-0.1, -0.05) is 22.9 Å². The Morgan fingerprint density at radius 1 is 1.10 bits per heavy atom. The number of aromatic nitrogens is 8. The Bertz CT molecular complexity index is 1680. The molecule has 5 aromatic rings. The smallest absolute Gasteiger partial charge is 0.256 e. The lowest BCUT2D eigenvalue weighted by Gasteiger charge is -2.34. The maximum absolute atomic E-state index is 14.3. The van der Waals surface area contributed by atoms with Crippen LogP contribution in [0, 0.1) is 5.82 Å². The number of hydrogen-bond donors (Lipinski definition) is 1. The van der Waals surface area contributed by atoms with Crippen LogP contribution in [-0.2, 0) is 20.1 Å². The van der Waals surface area contributed by atoms with Crippen molar-refractivity contribution in [2.75, 3.05) is 26.2 Å². The van der Waals surface area contributed by atoms with Gasteiger partial charge in [0.2, 0.25) is 4.80 Å². The molecule has 0 saturated carbocycles. The molecule has 6 rings (SSSR count). The van der Waals surface area contributed by atoms with E-state index in [1.807, 2.05) is 19.2 Å². The van der Waals surface area contributed by atoms with Crippen LogP contribution in [0.15, 0.2) is 71.7 Å². The summed E-state index contributed by atoms with van der Waals surface area (Å²) < 4.78 is 16.9. The number of aryl methyl sites for hydroxylation is 1. The summed E-state index contributed by atoms with van der Waals surface area (Å²) in [7, 11) is 1.83. The molecule has 13 nitrogen and oxygen atoms in total. The molecule has 1 N–H and O–H groups in total. The highest BCUT2D eigenvalue weighted by atomic mass is 35.5. The number of carbonyl (C=O) groups is 1. The van der Waals surface area contributed by atoms with Gasteiger partial charge >= 0.3 is 0 Å². The molecule has 1 aliphatic heterocycles. The molecular weight excluding hydrogens is 585 g/mol. The van der Waals surface area contributed by atoms with E-state index in [1.165, 1.54) is 29.7 Å². The largest absolute Gasteiger partial charge is 0.426 e. The molecule has 0 bridgehead atoms. The second-order valence-electron chi connectivity index (χ2n) is 9.27. The van der Waals surface area contributed by atoms with Crippen LogP contribution in [0.3, 0.4) is 0 Å². The molecule has 1 amide bonds. The summed E-state index contributed by atoms with van der Waals surface area (Å²) in [6.07, 6.45) is 8.16. The fraction of sp³-hybridized carbons (Fsp3) is 0.269. The normalized spacial score (nSPS) is 14.1. The standard InChI is InChI=1S/C23H22ClFN8O2S.C3H5N3/c24-19-3-1-2-18(21(19)25)22(34)31-8-6-30(7-9-31)15-17-12-16(14-33-26-4-5-27-33)13-20(28-17)29-23-32(35)10-11-36-23;1-6-3-2-4-5-6/h1-5,10-13,35H,6-9,14-15H2;2-3H,1H3/b29-23-;. The zero-order valence-corrected chi connectivity index (χ0v) is 24.1. The number of benzene rings is 1. The first-order valence-corrected chi connectivity index (χ1v) is 14.1. The van der Waals surface area contributed by atoms with E-state index < -0.39 is 5.82 Å². The van der Waals surface area contributed by atoms with Crippen LogP contribution in [0.5, 0.6) is 0 Å². The Morgan fingerprint density at radius 2 is 1.88 bits per heavy atom. The monoisotopic (exact) mass is 611 g/mol. The summed E-state index contributed by atoms with van der Waals surface area (Å²) >= 11 is 7.13. The summed E-state index contributed by atoms with van der Waals surface area (Å²) in [5, 5.41) is 27.0. The first-order valence-electron chi connectivity index (χ1n) is 12.9.